The molecule has 6 heteroatoms. The minimum atomic E-state index is -0.870. The van der Waals surface area contributed by atoms with E-state index >= 15 is 0 Å². The van der Waals surface area contributed by atoms with Crippen LogP contribution in [0, 0.1) is 11.8 Å². The van der Waals surface area contributed by atoms with E-state index in [4.69, 9.17) is 14.6 Å². The van der Waals surface area contributed by atoms with Gasteiger partial charge in [0.1, 0.15) is 0 Å². The molecule has 0 aromatic rings. The van der Waals surface area contributed by atoms with Crippen LogP contribution in [0.25, 0.3) is 0 Å². The van der Waals surface area contributed by atoms with Crippen molar-refractivity contribution < 1.29 is 24.2 Å². The fraction of sp³-hybridized carbons (Fsp3) is 0.818. The average molecular weight is 243 g/mol. The maximum atomic E-state index is 12.0. The van der Waals surface area contributed by atoms with Crippen LogP contribution in [0.3, 0.4) is 0 Å². The molecule has 2 rings (SSSR count). The summed E-state index contributed by atoms with van der Waals surface area (Å²) in [6, 6.07) is 0. The van der Waals surface area contributed by atoms with Crippen LogP contribution in [0.15, 0.2) is 0 Å². The summed E-state index contributed by atoms with van der Waals surface area (Å²) < 4.78 is 10.4. The molecule has 3 unspecified atom stereocenters. The number of amides is 1. The number of carboxylic acids is 1. The molecule has 6 nitrogen and oxygen atoms in total. The number of carbonyl (C=O) groups is 2. The molecule has 17 heavy (non-hydrogen) atoms. The summed E-state index contributed by atoms with van der Waals surface area (Å²) in [5.41, 5.74) is 0. The quantitative estimate of drug-likeness (QED) is 0.725. The van der Waals surface area contributed by atoms with Crippen LogP contribution >= 0.6 is 0 Å². The molecule has 1 N–H and O–H groups in total. The number of rotatable bonds is 4. The van der Waals surface area contributed by atoms with Crippen LogP contribution in [0.5, 0.6) is 0 Å². The zero-order valence-corrected chi connectivity index (χ0v) is 9.80. The summed E-state index contributed by atoms with van der Waals surface area (Å²) in [5.74, 6) is -1.73. The van der Waals surface area contributed by atoms with Gasteiger partial charge in [-0.25, -0.2) is 0 Å². The van der Waals surface area contributed by atoms with E-state index in [9.17, 15) is 9.59 Å². The molecule has 1 saturated heterocycles. The second-order valence-corrected chi connectivity index (χ2v) is 4.52. The van der Waals surface area contributed by atoms with E-state index in [0.717, 1.165) is 0 Å². The lowest BCUT2D eigenvalue weighted by molar-refractivity contribution is -0.146. The lowest BCUT2D eigenvalue weighted by atomic mass is 10.2. The van der Waals surface area contributed by atoms with E-state index < -0.39 is 11.9 Å². The van der Waals surface area contributed by atoms with E-state index in [1.54, 1.807) is 12.0 Å². The molecule has 1 aliphatic carbocycles. The number of hydrogen-bond acceptors (Lipinski definition) is 4. The van der Waals surface area contributed by atoms with Gasteiger partial charge in [0, 0.05) is 20.2 Å². The fourth-order valence-corrected chi connectivity index (χ4v) is 2.18. The first-order valence-corrected chi connectivity index (χ1v) is 5.75. The van der Waals surface area contributed by atoms with E-state index in [1.807, 2.05) is 0 Å². The first-order valence-electron chi connectivity index (χ1n) is 5.75. The Morgan fingerprint density at radius 3 is 2.82 bits per heavy atom. The smallest absolute Gasteiger partial charge is 0.307 e. The summed E-state index contributed by atoms with van der Waals surface area (Å²) in [4.78, 5) is 24.4. The van der Waals surface area contributed by atoms with Crippen molar-refractivity contribution in [2.45, 2.75) is 12.5 Å². The zero-order valence-electron chi connectivity index (χ0n) is 9.80. The molecule has 0 bridgehead atoms. The Hall–Kier alpha value is -1.14. The van der Waals surface area contributed by atoms with E-state index in [-0.39, 0.29) is 17.9 Å². The van der Waals surface area contributed by atoms with E-state index in [2.05, 4.69) is 0 Å². The van der Waals surface area contributed by atoms with Crippen LogP contribution in [0.2, 0.25) is 0 Å². The molecule has 1 aliphatic heterocycles. The molecule has 2 aliphatic rings. The van der Waals surface area contributed by atoms with E-state index in [1.165, 1.54) is 0 Å². The van der Waals surface area contributed by atoms with Gasteiger partial charge in [-0.1, -0.05) is 0 Å². The lowest BCUT2D eigenvalue weighted by Gasteiger charge is -2.32. The van der Waals surface area contributed by atoms with Gasteiger partial charge in [0.15, 0.2) is 0 Å². The van der Waals surface area contributed by atoms with Gasteiger partial charge < -0.3 is 19.5 Å². The zero-order chi connectivity index (χ0) is 12.4. The van der Waals surface area contributed by atoms with Crippen LogP contribution in [0.1, 0.15) is 6.42 Å². The molecule has 1 amide bonds. The average Bonchev–Trinajstić information content (AvgIpc) is 3.09. The number of hydrogen-bond donors (Lipinski definition) is 1. The summed E-state index contributed by atoms with van der Waals surface area (Å²) in [6.45, 7) is 1.98. The number of carboxylic acid groups (broad SMARTS) is 1. The Labute approximate surface area is 99.5 Å². The van der Waals surface area contributed by atoms with Gasteiger partial charge in [-0.05, 0) is 6.42 Å². The Kier molecular flexibility index (Phi) is 3.63. The summed E-state index contributed by atoms with van der Waals surface area (Å²) >= 11 is 0. The Bertz CT molecular complexity index is 317. The fourth-order valence-electron chi connectivity index (χ4n) is 2.18. The summed E-state index contributed by atoms with van der Waals surface area (Å²) in [7, 11) is 1.59. The van der Waals surface area contributed by atoms with Crippen molar-refractivity contribution in [1.29, 1.82) is 0 Å². The minimum Gasteiger partial charge on any atom is -0.481 e. The number of nitrogens with zero attached hydrogens (tertiary/aromatic N) is 1. The first-order chi connectivity index (χ1) is 8.13. The van der Waals surface area contributed by atoms with Gasteiger partial charge in [-0.3, -0.25) is 9.59 Å². The topological polar surface area (TPSA) is 76.1 Å². The van der Waals surface area contributed by atoms with Crippen LogP contribution in [-0.4, -0.2) is 61.4 Å². The lowest BCUT2D eigenvalue weighted by Crippen LogP contribution is -2.48. The second-order valence-electron chi connectivity index (χ2n) is 4.52. The van der Waals surface area contributed by atoms with Crippen molar-refractivity contribution in [3.63, 3.8) is 0 Å². The number of ether oxygens (including phenoxy) is 2. The molecule has 0 aromatic heterocycles. The maximum Gasteiger partial charge on any atom is 0.307 e. The van der Waals surface area contributed by atoms with Crippen LogP contribution < -0.4 is 0 Å². The Balaban J connectivity index is 1.85. The molecular weight excluding hydrogens is 226 g/mol. The third-order valence-corrected chi connectivity index (χ3v) is 3.23. The second kappa shape index (κ2) is 5.01. The molecule has 3 atom stereocenters. The normalized spacial score (nSPS) is 32.3. The van der Waals surface area contributed by atoms with Crippen LogP contribution in [-0.2, 0) is 19.1 Å². The number of aliphatic carboxylic acids is 1. The van der Waals surface area contributed by atoms with Gasteiger partial charge in [0.25, 0.3) is 0 Å². The highest BCUT2D eigenvalue weighted by atomic mass is 16.5. The van der Waals surface area contributed by atoms with Crippen molar-refractivity contribution in [3.05, 3.63) is 0 Å². The molecule has 96 valence electrons. The van der Waals surface area contributed by atoms with Crippen molar-refractivity contribution in [2.75, 3.05) is 33.4 Å². The minimum absolute atomic E-state index is 0.0539. The van der Waals surface area contributed by atoms with Crippen LogP contribution in [0.4, 0.5) is 0 Å². The first kappa shape index (κ1) is 12.3. The van der Waals surface area contributed by atoms with Gasteiger partial charge in [-0.15, -0.1) is 0 Å². The largest absolute Gasteiger partial charge is 0.481 e. The van der Waals surface area contributed by atoms with Crippen molar-refractivity contribution in [1.82, 2.24) is 4.90 Å². The Morgan fingerprint density at radius 2 is 2.24 bits per heavy atom. The van der Waals surface area contributed by atoms with Gasteiger partial charge in [-0.2, -0.15) is 0 Å². The maximum absolute atomic E-state index is 12.0. The summed E-state index contributed by atoms with van der Waals surface area (Å²) in [5, 5.41) is 8.79. The SMILES string of the molecule is COCC1CN(C(=O)C2CC2C(=O)O)CCO1. The van der Waals surface area contributed by atoms with Crippen molar-refractivity contribution >= 4 is 11.9 Å². The molecule has 0 aromatic carbocycles. The Morgan fingerprint density at radius 1 is 1.47 bits per heavy atom. The third kappa shape index (κ3) is 2.76. The molecule has 0 radical (unpaired) electrons. The van der Waals surface area contributed by atoms with Gasteiger partial charge >= 0.3 is 5.97 Å². The monoisotopic (exact) mass is 243 g/mol. The summed E-state index contributed by atoms with van der Waals surface area (Å²) in [6.07, 6.45) is 0.375. The molecule has 1 saturated carbocycles. The predicted molar refractivity (Wildman–Crippen MR) is 57.4 cm³/mol. The van der Waals surface area contributed by atoms with E-state index in [0.29, 0.717) is 32.7 Å². The molecule has 0 spiro atoms. The number of methoxy groups -OCH3 is 1. The van der Waals surface area contributed by atoms with Gasteiger partial charge in [0.05, 0.1) is 31.2 Å². The van der Waals surface area contributed by atoms with Gasteiger partial charge in [0.2, 0.25) is 5.91 Å². The third-order valence-electron chi connectivity index (χ3n) is 3.23. The van der Waals surface area contributed by atoms with Crippen molar-refractivity contribution in [2.24, 2.45) is 11.8 Å². The standard InChI is InChI=1S/C11H17NO5/c1-16-6-7-5-12(2-3-17-7)10(13)8-4-9(8)11(14)15/h7-9H,2-6H2,1H3,(H,14,15). The molecule has 1 heterocycles. The highest BCUT2D eigenvalue weighted by Gasteiger charge is 2.50. The predicted octanol–water partition coefficient (Wildman–Crippen LogP) is -0.419. The highest BCUT2D eigenvalue weighted by Crippen LogP contribution is 2.40. The van der Waals surface area contributed by atoms with Crippen molar-refractivity contribution in [3.8, 4) is 0 Å². The number of carbonyl (C=O) groups excluding carboxylic acids is 1. The number of morpholine rings is 1. The molecular formula is C11H17NO5. The molecule has 2 fully saturated rings. The highest BCUT2D eigenvalue weighted by molar-refractivity contribution is 5.89.